The van der Waals surface area contributed by atoms with E-state index in [0.29, 0.717) is 52.8 Å². The van der Waals surface area contributed by atoms with E-state index < -0.39 is 0 Å². The zero-order valence-electron chi connectivity index (χ0n) is 20.5. The Morgan fingerprint density at radius 2 is 1.92 bits per heavy atom. The number of benzene rings is 1. The number of carbonyl (C=O) groups is 2. The molecule has 0 aliphatic carbocycles. The number of hydrogen-bond acceptors (Lipinski definition) is 9. The van der Waals surface area contributed by atoms with Gasteiger partial charge in [-0.2, -0.15) is 0 Å². The highest BCUT2D eigenvalue weighted by Crippen LogP contribution is 2.22. The van der Waals surface area contributed by atoms with Gasteiger partial charge in [-0.15, -0.1) is 11.3 Å². The highest BCUT2D eigenvalue weighted by Gasteiger charge is 2.15. The largest absolute Gasteiger partial charge is 0.497 e. The second-order valence-electron chi connectivity index (χ2n) is 8.23. The summed E-state index contributed by atoms with van der Waals surface area (Å²) < 4.78 is 12.3. The molecule has 3 aromatic heterocycles. The number of fused-ring (bicyclic) bond motifs is 1. The first-order valence-electron chi connectivity index (χ1n) is 11.7. The van der Waals surface area contributed by atoms with Crippen LogP contribution in [0.15, 0.2) is 56.3 Å². The van der Waals surface area contributed by atoms with Crippen LogP contribution in [0.25, 0.3) is 10.2 Å². The van der Waals surface area contributed by atoms with Crippen LogP contribution >= 0.6 is 23.1 Å². The number of nitrogens with one attached hydrogen (secondary N) is 2. The van der Waals surface area contributed by atoms with Gasteiger partial charge >= 0.3 is 0 Å². The summed E-state index contributed by atoms with van der Waals surface area (Å²) in [6, 6.07) is 10.6. The van der Waals surface area contributed by atoms with Gasteiger partial charge in [-0.1, -0.05) is 23.3 Å². The van der Waals surface area contributed by atoms with E-state index in [9.17, 15) is 14.4 Å². The van der Waals surface area contributed by atoms with E-state index in [1.165, 1.54) is 23.1 Å². The molecule has 194 valence electrons. The van der Waals surface area contributed by atoms with Crippen molar-refractivity contribution >= 4 is 56.6 Å². The number of methoxy groups -OCH3 is 1. The molecule has 12 heteroatoms. The van der Waals surface area contributed by atoms with E-state index >= 15 is 0 Å². The summed E-state index contributed by atoms with van der Waals surface area (Å²) in [5.41, 5.74) is 1.22. The quantitative estimate of drug-likeness (QED) is 0.150. The lowest BCUT2D eigenvalue weighted by atomic mass is 10.2. The van der Waals surface area contributed by atoms with Gasteiger partial charge < -0.3 is 19.9 Å². The van der Waals surface area contributed by atoms with Crippen LogP contribution in [0.5, 0.6) is 5.75 Å². The Bertz CT molecular complexity index is 1430. The van der Waals surface area contributed by atoms with Crippen LogP contribution in [0.2, 0.25) is 0 Å². The van der Waals surface area contributed by atoms with E-state index in [4.69, 9.17) is 9.26 Å². The first kappa shape index (κ1) is 26.4. The predicted octanol–water partition coefficient (Wildman–Crippen LogP) is 4.69. The highest BCUT2D eigenvalue weighted by molar-refractivity contribution is 7.99. The van der Waals surface area contributed by atoms with Crippen molar-refractivity contribution in [1.29, 1.82) is 0 Å². The van der Waals surface area contributed by atoms with Gasteiger partial charge in [0.15, 0.2) is 11.0 Å². The van der Waals surface area contributed by atoms with Crippen molar-refractivity contribution in [3.63, 3.8) is 0 Å². The number of amides is 2. The predicted molar refractivity (Wildman–Crippen MR) is 145 cm³/mol. The van der Waals surface area contributed by atoms with Gasteiger partial charge in [-0.05, 0) is 55.5 Å². The third-order valence-corrected chi connectivity index (χ3v) is 7.29. The number of carbonyl (C=O) groups excluding carboxylic acids is 2. The Balaban J connectivity index is 1.30. The van der Waals surface area contributed by atoms with Gasteiger partial charge in [0.25, 0.3) is 5.56 Å². The molecule has 0 saturated heterocycles. The molecule has 1 aromatic carbocycles. The molecule has 4 rings (SSSR count). The molecule has 0 aliphatic heterocycles. The van der Waals surface area contributed by atoms with Crippen LogP contribution < -0.4 is 20.9 Å². The number of unbranched alkanes of at least 4 members (excludes halogenated alkanes) is 2. The van der Waals surface area contributed by atoms with Gasteiger partial charge in [0.05, 0.1) is 18.4 Å². The zero-order valence-corrected chi connectivity index (χ0v) is 22.1. The Labute approximate surface area is 221 Å². The topological polar surface area (TPSA) is 128 Å². The van der Waals surface area contributed by atoms with Crippen molar-refractivity contribution < 1.29 is 18.8 Å². The fraction of sp³-hybridized carbons (Fsp3) is 0.320. The number of rotatable bonds is 12. The number of nitrogens with zero attached hydrogens (tertiary/aromatic N) is 3. The fourth-order valence-corrected chi connectivity index (χ4v) is 5.20. The Hall–Kier alpha value is -3.64. The molecule has 2 N–H and O–H groups in total. The fourth-order valence-electron chi connectivity index (χ4n) is 3.60. The maximum atomic E-state index is 13.1. The van der Waals surface area contributed by atoms with Gasteiger partial charge in [0.2, 0.25) is 11.8 Å². The molecule has 0 saturated carbocycles. The maximum Gasteiger partial charge on any atom is 0.272 e. The number of aryl methyl sites for hydroxylation is 1. The molecule has 4 aromatic rings. The van der Waals surface area contributed by atoms with Gasteiger partial charge in [0, 0.05) is 24.7 Å². The lowest BCUT2D eigenvalue weighted by Crippen LogP contribution is -2.24. The number of thioether (sulfide) groups is 1. The molecular weight excluding hydrogens is 514 g/mol. The maximum absolute atomic E-state index is 13.1. The molecular formula is C25H27N5O5S2. The first-order valence-corrected chi connectivity index (χ1v) is 13.6. The first-order chi connectivity index (χ1) is 17.9. The summed E-state index contributed by atoms with van der Waals surface area (Å²) in [5, 5.41) is 11.6. The average molecular weight is 542 g/mol. The van der Waals surface area contributed by atoms with E-state index in [1.807, 2.05) is 5.38 Å². The van der Waals surface area contributed by atoms with Crippen molar-refractivity contribution in [3.05, 3.63) is 57.9 Å². The van der Waals surface area contributed by atoms with Crippen molar-refractivity contribution in [1.82, 2.24) is 14.7 Å². The van der Waals surface area contributed by atoms with Gasteiger partial charge in [-0.25, -0.2) is 4.98 Å². The summed E-state index contributed by atoms with van der Waals surface area (Å²) in [6.45, 7) is 2.19. The Kier molecular flexibility index (Phi) is 8.96. The molecule has 10 nitrogen and oxygen atoms in total. The second-order valence-corrected chi connectivity index (χ2v) is 10.1. The number of ether oxygens (including phenoxy) is 1. The third kappa shape index (κ3) is 7.20. The van der Waals surface area contributed by atoms with Crippen LogP contribution in [0.1, 0.15) is 31.4 Å². The monoisotopic (exact) mass is 541 g/mol. The Morgan fingerprint density at radius 3 is 2.65 bits per heavy atom. The molecule has 0 spiro atoms. The van der Waals surface area contributed by atoms with Crippen LogP contribution in [0, 0.1) is 6.92 Å². The van der Waals surface area contributed by atoms with Crippen molar-refractivity contribution in [2.45, 2.75) is 44.3 Å². The molecule has 0 radical (unpaired) electrons. The number of aromatic nitrogens is 3. The third-order valence-electron chi connectivity index (χ3n) is 5.42. The van der Waals surface area contributed by atoms with Crippen LogP contribution in [-0.4, -0.2) is 39.4 Å². The molecule has 0 unspecified atom stereocenters. The Morgan fingerprint density at radius 1 is 1.11 bits per heavy atom. The van der Waals surface area contributed by atoms with Crippen molar-refractivity contribution in [3.8, 4) is 5.75 Å². The zero-order chi connectivity index (χ0) is 26.2. The van der Waals surface area contributed by atoms with Crippen LogP contribution in [0.4, 0.5) is 11.5 Å². The van der Waals surface area contributed by atoms with Crippen LogP contribution in [0.3, 0.4) is 0 Å². The highest BCUT2D eigenvalue weighted by atomic mass is 32.2. The SMILES string of the molecule is COc1ccc(NC(=O)CCCCCn2c(SCC(=O)Nc3cc(C)on3)nc3ccsc3c2=O)cc1. The van der Waals surface area contributed by atoms with Crippen molar-refractivity contribution in [2.24, 2.45) is 0 Å². The van der Waals surface area contributed by atoms with Crippen LogP contribution in [-0.2, 0) is 16.1 Å². The number of hydrogen-bond donors (Lipinski definition) is 2. The molecule has 0 fully saturated rings. The van der Waals surface area contributed by atoms with E-state index in [1.54, 1.807) is 55.0 Å². The number of thiophene rings is 1. The van der Waals surface area contributed by atoms with Gasteiger partial charge in [0.1, 0.15) is 16.2 Å². The minimum Gasteiger partial charge on any atom is -0.497 e. The normalized spacial score (nSPS) is 11.0. The average Bonchev–Trinajstić information content (AvgIpc) is 3.53. The van der Waals surface area contributed by atoms with E-state index in [-0.39, 0.29) is 23.1 Å². The minimum absolute atomic E-state index is 0.0615. The summed E-state index contributed by atoms with van der Waals surface area (Å²) in [6.07, 6.45) is 2.53. The summed E-state index contributed by atoms with van der Waals surface area (Å²) in [7, 11) is 1.59. The molecule has 0 atom stereocenters. The summed E-state index contributed by atoms with van der Waals surface area (Å²) in [5.74, 6) is 1.41. The molecule has 0 aliphatic rings. The molecule has 37 heavy (non-hydrogen) atoms. The molecule has 2 amide bonds. The van der Waals surface area contributed by atoms with Gasteiger partial charge in [-0.3, -0.25) is 19.0 Å². The van der Waals surface area contributed by atoms with E-state index in [0.717, 1.165) is 17.9 Å². The molecule has 3 heterocycles. The standard InChI is InChI=1S/C25H27N5O5S2/c1-16-14-20(29-35-16)28-22(32)15-37-25-27-19-11-13-36-23(19)24(33)30(25)12-5-3-4-6-21(31)26-17-7-9-18(34-2)10-8-17/h7-11,13-14H,3-6,12,15H2,1-2H3,(H,26,31)(H,28,29,32). The smallest absolute Gasteiger partial charge is 0.272 e. The lowest BCUT2D eigenvalue weighted by Gasteiger charge is -2.12. The number of anilines is 2. The van der Waals surface area contributed by atoms with E-state index in [2.05, 4.69) is 20.8 Å². The summed E-state index contributed by atoms with van der Waals surface area (Å²) in [4.78, 5) is 42.3. The second kappa shape index (κ2) is 12.5. The van der Waals surface area contributed by atoms with Crippen molar-refractivity contribution in [2.75, 3.05) is 23.5 Å². The minimum atomic E-state index is -0.271. The summed E-state index contributed by atoms with van der Waals surface area (Å²) >= 11 is 2.55. The molecule has 0 bridgehead atoms. The lowest BCUT2D eigenvalue weighted by molar-refractivity contribution is -0.116.